The molecule has 5 nitrogen and oxygen atoms in total. The van der Waals surface area contributed by atoms with Crippen LogP contribution in [0.5, 0.6) is 0 Å². The number of rotatable bonds is 5. The molecule has 1 aliphatic carbocycles. The van der Waals surface area contributed by atoms with Gasteiger partial charge in [-0.1, -0.05) is 18.2 Å². The molecule has 0 aliphatic heterocycles. The molecule has 2 amide bonds. The first-order valence-electron chi connectivity index (χ1n) is 8.62. The van der Waals surface area contributed by atoms with E-state index in [1.807, 2.05) is 32.0 Å². The molecule has 2 aromatic carbocycles. The molecule has 1 fully saturated rings. The topological polar surface area (TPSA) is 75.3 Å². The quantitative estimate of drug-likeness (QED) is 0.635. The van der Waals surface area contributed by atoms with Crippen molar-refractivity contribution < 1.29 is 14.4 Å². The van der Waals surface area contributed by atoms with Gasteiger partial charge in [0.1, 0.15) is 5.41 Å². The molecule has 3 rings (SSSR count). The Labute approximate surface area is 152 Å². The van der Waals surface area contributed by atoms with Crippen molar-refractivity contribution in [3.05, 3.63) is 59.2 Å². The highest BCUT2D eigenvalue weighted by atomic mass is 16.2. The number of anilines is 2. The van der Waals surface area contributed by atoms with Gasteiger partial charge in [-0.3, -0.25) is 14.4 Å². The van der Waals surface area contributed by atoms with Gasteiger partial charge >= 0.3 is 0 Å². The molecule has 0 saturated heterocycles. The molecule has 0 spiro atoms. The highest BCUT2D eigenvalue weighted by Gasteiger charge is 2.56. The maximum absolute atomic E-state index is 12.7. The van der Waals surface area contributed by atoms with Crippen molar-refractivity contribution in [2.45, 2.75) is 33.6 Å². The lowest BCUT2D eigenvalue weighted by molar-refractivity contribution is -0.131. The monoisotopic (exact) mass is 350 g/mol. The van der Waals surface area contributed by atoms with E-state index in [2.05, 4.69) is 10.6 Å². The summed E-state index contributed by atoms with van der Waals surface area (Å²) in [6.07, 6.45) is 1.03. The van der Waals surface area contributed by atoms with E-state index in [-0.39, 0.29) is 17.6 Å². The Morgan fingerprint density at radius 2 is 1.42 bits per heavy atom. The minimum Gasteiger partial charge on any atom is -0.325 e. The standard InChI is InChI=1S/C21H22N2O3/c1-13-9-14(2)11-18(10-13)23-20(26)21(7-8-21)19(25)22-17-6-4-5-16(12-17)15(3)24/h4-6,9-12H,7-8H2,1-3H3,(H,22,25)(H,23,26). The van der Waals surface area contributed by atoms with E-state index < -0.39 is 5.41 Å². The third-order valence-corrected chi connectivity index (χ3v) is 4.63. The fourth-order valence-corrected chi connectivity index (χ4v) is 3.05. The van der Waals surface area contributed by atoms with Gasteiger partial charge in [0.25, 0.3) is 0 Å². The predicted octanol–water partition coefficient (Wildman–Crippen LogP) is 3.86. The SMILES string of the molecule is CC(=O)c1cccc(NC(=O)C2(C(=O)Nc3cc(C)cc(C)c3)CC2)c1. The minimum absolute atomic E-state index is 0.0743. The summed E-state index contributed by atoms with van der Waals surface area (Å²) in [7, 11) is 0. The number of aryl methyl sites for hydroxylation is 2. The van der Waals surface area contributed by atoms with Crippen LogP contribution in [-0.4, -0.2) is 17.6 Å². The number of Topliss-reactive ketones (excluding diaryl/α,β-unsaturated/α-hetero) is 1. The van der Waals surface area contributed by atoms with Gasteiger partial charge in [0.05, 0.1) is 0 Å². The number of amides is 2. The van der Waals surface area contributed by atoms with Gasteiger partial charge < -0.3 is 10.6 Å². The molecule has 1 aliphatic rings. The smallest absolute Gasteiger partial charge is 0.240 e. The van der Waals surface area contributed by atoms with Crippen LogP contribution in [0.4, 0.5) is 11.4 Å². The Kier molecular flexibility index (Phi) is 4.64. The highest BCUT2D eigenvalue weighted by molar-refractivity contribution is 6.17. The van der Waals surface area contributed by atoms with Crippen molar-refractivity contribution in [2.24, 2.45) is 5.41 Å². The van der Waals surface area contributed by atoms with Crippen LogP contribution in [0.3, 0.4) is 0 Å². The van der Waals surface area contributed by atoms with E-state index in [1.165, 1.54) is 6.92 Å². The maximum atomic E-state index is 12.7. The summed E-state index contributed by atoms with van der Waals surface area (Å²) >= 11 is 0. The Balaban J connectivity index is 1.73. The number of hydrogen-bond donors (Lipinski definition) is 2. The second-order valence-corrected chi connectivity index (χ2v) is 7.00. The Morgan fingerprint density at radius 1 is 0.846 bits per heavy atom. The van der Waals surface area contributed by atoms with Gasteiger partial charge in [0, 0.05) is 16.9 Å². The van der Waals surface area contributed by atoms with Gasteiger partial charge in [0.15, 0.2) is 5.78 Å². The molecule has 0 bridgehead atoms. The van der Waals surface area contributed by atoms with E-state index in [4.69, 9.17) is 0 Å². The maximum Gasteiger partial charge on any atom is 0.240 e. The third kappa shape index (κ3) is 3.67. The predicted molar refractivity (Wildman–Crippen MR) is 101 cm³/mol. The van der Waals surface area contributed by atoms with E-state index >= 15 is 0 Å². The second-order valence-electron chi connectivity index (χ2n) is 7.00. The number of hydrogen-bond acceptors (Lipinski definition) is 3. The van der Waals surface area contributed by atoms with Crippen LogP contribution in [0.25, 0.3) is 0 Å². The van der Waals surface area contributed by atoms with Crippen molar-refractivity contribution in [3.8, 4) is 0 Å². The second kappa shape index (κ2) is 6.75. The first kappa shape index (κ1) is 17.9. The van der Waals surface area contributed by atoms with Gasteiger partial charge in [-0.05, 0) is 69.0 Å². The average Bonchev–Trinajstić information content (AvgIpc) is 3.36. The van der Waals surface area contributed by atoms with E-state index in [0.29, 0.717) is 29.8 Å². The first-order chi connectivity index (χ1) is 12.3. The fourth-order valence-electron chi connectivity index (χ4n) is 3.05. The van der Waals surface area contributed by atoms with Crippen molar-refractivity contribution in [1.82, 2.24) is 0 Å². The normalized spacial score (nSPS) is 14.4. The van der Waals surface area contributed by atoms with Crippen LogP contribution in [-0.2, 0) is 9.59 Å². The first-order valence-corrected chi connectivity index (χ1v) is 8.62. The Bertz CT molecular complexity index is 878. The molecule has 2 N–H and O–H groups in total. The molecular weight excluding hydrogens is 328 g/mol. The summed E-state index contributed by atoms with van der Waals surface area (Å²) in [5.41, 5.74) is 2.81. The van der Waals surface area contributed by atoms with Crippen molar-refractivity contribution in [1.29, 1.82) is 0 Å². The van der Waals surface area contributed by atoms with Gasteiger partial charge in [-0.15, -0.1) is 0 Å². The molecule has 0 radical (unpaired) electrons. The van der Waals surface area contributed by atoms with Crippen molar-refractivity contribution in [3.63, 3.8) is 0 Å². The molecular formula is C21H22N2O3. The highest BCUT2D eigenvalue weighted by Crippen LogP contribution is 2.47. The van der Waals surface area contributed by atoms with Crippen LogP contribution < -0.4 is 10.6 Å². The minimum atomic E-state index is -1.04. The van der Waals surface area contributed by atoms with Crippen LogP contribution >= 0.6 is 0 Å². The number of ketones is 1. The number of nitrogens with one attached hydrogen (secondary N) is 2. The zero-order chi connectivity index (χ0) is 18.9. The molecule has 134 valence electrons. The summed E-state index contributed by atoms with van der Waals surface area (Å²) in [4.78, 5) is 36.9. The summed E-state index contributed by atoms with van der Waals surface area (Å²) < 4.78 is 0. The molecule has 0 heterocycles. The fraction of sp³-hybridized carbons (Fsp3) is 0.286. The van der Waals surface area contributed by atoms with E-state index in [1.54, 1.807) is 24.3 Å². The van der Waals surface area contributed by atoms with Crippen LogP contribution in [0.15, 0.2) is 42.5 Å². The lowest BCUT2D eigenvalue weighted by atomic mass is 10.0. The summed E-state index contributed by atoms with van der Waals surface area (Å²) in [6.45, 7) is 5.40. The lowest BCUT2D eigenvalue weighted by Crippen LogP contribution is -2.35. The Hall–Kier alpha value is -2.95. The van der Waals surface area contributed by atoms with E-state index in [9.17, 15) is 14.4 Å². The van der Waals surface area contributed by atoms with Crippen LogP contribution in [0.2, 0.25) is 0 Å². The lowest BCUT2D eigenvalue weighted by Gasteiger charge is -2.16. The molecule has 5 heteroatoms. The summed E-state index contributed by atoms with van der Waals surface area (Å²) in [5.74, 6) is -0.697. The zero-order valence-corrected chi connectivity index (χ0v) is 15.2. The molecule has 2 aromatic rings. The van der Waals surface area contributed by atoms with Crippen LogP contribution in [0.1, 0.15) is 41.3 Å². The van der Waals surface area contributed by atoms with Gasteiger partial charge in [-0.25, -0.2) is 0 Å². The summed E-state index contributed by atoms with van der Waals surface area (Å²) in [6, 6.07) is 12.5. The molecule has 0 aromatic heterocycles. The average molecular weight is 350 g/mol. The number of carbonyl (C=O) groups excluding carboxylic acids is 3. The van der Waals surface area contributed by atoms with Crippen LogP contribution in [0, 0.1) is 19.3 Å². The number of carbonyl (C=O) groups is 3. The molecule has 1 saturated carbocycles. The summed E-state index contributed by atoms with van der Waals surface area (Å²) in [5, 5.41) is 5.65. The van der Waals surface area contributed by atoms with Gasteiger partial charge in [-0.2, -0.15) is 0 Å². The molecule has 26 heavy (non-hydrogen) atoms. The van der Waals surface area contributed by atoms with Crippen molar-refractivity contribution >= 4 is 29.0 Å². The van der Waals surface area contributed by atoms with E-state index in [0.717, 1.165) is 11.1 Å². The Morgan fingerprint density at radius 3 is 1.96 bits per heavy atom. The van der Waals surface area contributed by atoms with Crippen molar-refractivity contribution in [2.75, 3.05) is 10.6 Å². The zero-order valence-electron chi connectivity index (χ0n) is 15.2. The number of benzene rings is 2. The third-order valence-electron chi connectivity index (χ3n) is 4.63. The largest absolute Gasteiger partial charge is 0.325 e. The molecule has 0 unspecified atom stereocenters. The molecule has 0 atom stereocenters. The van der Waals surface area contributed by atoms with Gasteiger partial charge in [0.2, 0.25) is 11.8 Å².